The highest BCUT2D eigenvalue weighted by Crippen LogP contribution is 2.19. The van der Waals surface area contributed by atoms with Crippen LogP contribution in [0.2, 0.25) is 0 Å². The first kappa shape index (κ1) is 16.2. The smallest absolute Gasteiger partial charge is 0.224 e. The summed E-state index contributed by atoms with van der Waals surface area (Å²) in [5.41, 5.74) is 2.49. The quantitative estimate of drug-likeness (QED) is 0.881. The van der Waals surface area contributed by atoms with Gasteiger partial charge < -0.3 is 10.4 Å². The molecule has 1 amide bonds. The number of hydrogen-bond acceptors (Lipinski definition) is 3. The average molecular weight is 301 g/mol. The van der Waals surface area contributed by atoms with Crippen LogP contribution in [-0.4, -0.2) is 27.3 Å². The van der Waals surface area contributed by atoms with Gasteiger partial charge in [0.25, 0.3) is 0 Å². The Morgan fingerprint density at radius 2 is 1.95 bits per heavy atom. The van der Waals surface area contributed by atoms with Crippen LogP contribution < -0.4 is 5.32 Å². The van der Waals surface area contributed by atoms with Gasteiger partial charge in [-0.3, -0.25) is 9.48 Å². The molecular formula is C17H23N3O2. The van der Waals surface area contributed by atoms with Crippen molar-refractivity contribution in [2.24, 2.45) is 7.05 Å². The number of hydrogen-bond donors (Lipinski definition) is 2. The third-order valence-corrected chi connectivity index (χ3v) is 4.02. The molecule has 1 aromatic heterocycles. The number of nitrogens with one attached hydrogen (secondary N) is 1. The molecule has 1 aromatic carbocycles. The Balaban J connectivity index is 1.98. The van der Waals surface area contributed by atoms with Crippen LogP contribution in [0, 0.1) is 13.8 Å². The summed E-state index contributed by atoms with van der Waals surface area (Å²) in [4.78, 5) is 12.1. The molecule has 22 heavy (non-hydrogen) atoms. The van der Waals surface area contributed by atoms with E-state index in [0.717, 1.165) is 22.5 Å². The molecule has 2 N–H and O–H groups in total. The summed E-state index contributed by atoms with van der Waals surface area (Å²) < 4.78 is 1.78. The van der Waals surface area contributed by atoms with E-state index in [4.69, 9.17) is 0 Å². The Labute approximate surface area is 131 Å². The van der Waals surface area contributed by atoms with E-state index in [1.54, 1.807) is 11.6 Å². The molecule has 2 rings (SSSR count). The number of aryl methyl sites for hydroxylation is 2. The van der Waals surface area contributed by atoms with Crippen molar-refractivity contribution in [2.75, 3.05) is 6.54 Å². The monoisotopic (exact) mass is 301 g/mol. The first-order valence-electron chi connectivity index (χ1n) is 7.35. The van der Waals surface area contributed by atoms with E-state index < -0.39 is 5.60 Å². The van der Waals surface area contributed by atoms with Crippen LogP contribution in [0.3, 0.4) is 0 Å². The molecule has 0 aliphatic rings. The van der Waals surface area contributed by atoms with E-state index >= 15 is 0 Å². The molecule has 0 radical (unpaired) electrons. The van der Waals surface area contributed by atoms with Crippen LogP contribution in [0.15, 0.2) is 30.3 Å². The zero-order valence-corrected chi connectivity index (χ0v) is 13.6. The minimum Gasteiger partial charge on any atom is -0.384 e. The molecule has 2 aromatic rings. The topological polar surface area (TPSA) is 67.2 Å². The molecule has 0 saturated carbocycles. The van der Waals surface area contributed by atoms with Crippen molar-refractivity contribution in [3.8, 4) is 0 Å². The van der Waals surface area contributed by atoms with Gasteiger partial charge in [-0.15, -0.1) is 0 Å². The molecule has 0 saturated heterocycles. The Morgan fingerprint density at radius 3 is 2.50 bits per heavy atom. The molecule has 0 spiro atoms. The predicted octanol–water partition coefficient (Wildman–Crippen LogP) is 1.60. The largest absolute Gasteiger partial charge is 0.384 e. The molecule has 5 nitrogen and oxygen atoms in total. The third kappa shape index (κ3) is 3.54. The number of aromatic nitrogens is 2. The fourth-order valence-electron chi connectivity index (χ4n) is 2.47. The van der Waals surface area contributed by atoms with Crippen LogP contribution in [0.5, 0.6) is 0 Å². The molecule has 1 atom stereocenters. The summed E-state index contributed by atoms with van der Waals surface area (Å²) >= 11 is 0. The van der Waals surface area contributed by atoms with Crippen LogP contribution in [0.1, 0.15) is 29.4 Å². The Bertz CT molecular complexity index is 660. The molecule has 1 heterocycles. The SMILES string of the molecule is Cc1nn(C)c(C)c1CC(=O)NCC(C)(O)c1ccccc1. The summed E-state index contributed by atoms with van der Waals surface area (Å²) in [5.74, 6) is -0.115. The lowest BCUT2D eigenvalue weighted by Gasteiger charge is -2.24. The van der Waals surface area contributed by atoms with E-state index in [-0.39, 0.29) is 18.9 Å². The molecule has 0 bridgehead atoms. The second-order valence-corrected chi connectivity index (χ2v) is 5.87. The Morgan fingerprint density at radius 1 is 1.32 bits per heavy atom. The number of nitrogens with zero attached hydrogens (tertiary/aromatic N) is 2. The molecule has 0 aliphatic heterocycles. The van der Waals surface area contributed by atoms with Gasteiger partial charge in [-0.1, -0.05) is 30.3 Å². The number of benzene rings is 1. The highest BCUT2D eigenvalue weighted by Gasteiger charge is 2.24. The van der Waals surface area contributed by atoms with Crippen LogP contribution in [0.25, 0.3) is 0 Å². The molecular weight excluding hydrogens is 278 g/mol. The fourth-order valence-corrected chi connectivity index (χ4v) is 2.47. The molecule has 0 fully saturated rings. The second kappa shape index (κ2) is 6.32. The highest BCUT2D eigenvalue weighted by atomic mass is 16.3. The second-order valence-electron chi connectivity index (χ2n) is 5.87. The lowest BCUT2D eigenvalue weighted by atomic mass is 9.96. The molecule has 1 unspecified atom stereocenters. The van der Waals surface area contributed by atoms with E-state index in [1.165, 1.54) is 0 Å². The van der Waals surface area contributed by atoms with Gasteiger partial charge in [0.05, 0.1) is 18.7 Å². The first-order chi connectivity index (χ1) is 10.3. The van der Waals surface area contributed by atoms with E-state index in [2.05, 4.69) is 10.4 Å². The zero-order chi connectivity index (χ0) is 16.3. The number of rotatable bonds is 5. The van der Waals surface area contributed by atoms with Crippen molar-refractivity contribution in [2.45, 2.75) is 32.8 Å². The van der Waals surface area contributed by atoms with E-state index in [1.807, 2.05) is 51.2 Å². The van der Waals surface area contributed by atoms with Gasteiger partial charge in [0.2, 0.25) is 5.91 Å². The summed E-state index contributed by atoms with van der Waals surface area (Å²) in [7, 11) is 1.87. The van der Waals surface area contributed by atoms with Crippen LogP contribution in [-0.2, 0) is 23.9 Å². The van der Waals surface area contributed by atoms with Crippen molar-refractivity contribution in [3.63, 3.8) is 0 Å². The minimum atomic E-state index is -1.09. The van der Waals surface area contributed by atoms with Crippen molar-refractivity contribution < 1.29 is 9.90 Å². The summed E-state index contributed by atoms with van der Waals surface area (Å²) in [6.45, 7) is 5.72. The standard InChI is InChI=1S/C17H23N3O2/c1-12-15(13(2)20(4)19-12)10-16(21)18-11-17(3,22)14-8-6-5-7-9-14/h5-9,22H,10-11H2,1-4H3,(H,18,21). The van der Waals surface area contributed by atoms with E-state index in [9.17, 15) is 9.90 Å². The van der Waals surface area contributed by atoms with Crippen molar-refractivity contribution in [1.29, 1.82) is 0 Å². The van der Waals surface area contributed by atoms with Crippen molar-refractivity contribution in [1.82, 2.24) is 15.1 Å². The minimum absolute atomic E-state index is 0.115. The maximum Gasteiger partial charge on any atom is 0.224 e. The maximum atomic E-state index is 12.1. The van der Waals surface area contributed by atoms with E-state index in [0.29, 0.717) is 0 Å². The van der Waals surface area contributed by atoms with Gasteiger partial charge in [0.1, 0.15) is 5.60 Å². The van der Waals surface area contributed by atoms with Crippen LogP contribution in [0.4, 0.5) is 0 Å². The molecule has 118 valence electrons. The van der Waals surface area contributed by atoms with Crippen molar-refractivity contribution in [3.05, 3.63) is 52.8 Å². The summed E-state index contributed by atoms with van der Waals surface area (Å²) in [6, 6.07) is 9.33. The van der Waals surface area contributed by atoms with Gasteiger partial charge >= 0.3 is 0 Å². The number of amides is 1. The zero-order valence-electron chi connectivity index (χ0n) is 13.6. The van der Waals surface area contributed by atoms with Gasteiger partial charge in [-0.05, 0) is 26.3 Å². The van der Waals surface area contributed by atoms with Crippen molar-refractivity contribution >= 4 is 5.91 Å². The number of carbonyl (C=O) groups excluding carboxylic acids is 1. The van der Waals surface area contributed by atoms with Gasteiger partial charge in [0.15, 0.2) is 0 Å². The van der Waals surface area contributed by atoms with Crippen LogP contribution >= 0.6 is 0 Å². The van der Waals surface area contributed by atoms with Gasteiger partial charge in [0, 0.05) is 18.3 Å². The highest BCUT2D eigenvalue weighted by molar-refractivity contribution is 5.79. The van der Waals surface area contributed by atoms with Gasteiger partial charge in [-0.2, -0.15) is 5.10 Å². The predicted molar refractivity (Wildman–Crippen MR) is 85.4 cm³/mol. The normalized spacial score (nSPS) is 13.7. The summed E-state index contributed by atoms with van der Waals surface area (Å²) in [6.07, 6.45) is 0.274. The summed E-state index contributed by atoms with van der Waals surface area (Å²) in [5, 5.41) is 17.6. The fraction of sp³-hybridized carbons (Fsp3) is 0.412. The molecule has 5 heteroatoms. The number of aliphatic hydroxyl groups is 1. The van der Waals surface area contributed by atoms with Gasteiger partial charge in [-0.25, -0.2) is 0 Å². The average Bonchev–Trinajstić information content (AvgIpc) is 2.73. The number of carbonyl (C=O) groups is 1. The first-order valence-corrected chi connectivity index (χ1v) is 7.35. The lowest BCUT2D eigenvalue weighted by Crippen LogP contribution is -2.39. The lowest BCUT2D eigenvalue weighted by molar-refractivity contribution is -0.121. The Hall–Kier alpha value is -2.14. The molecule has 0 aliphatic carbocycles. The Kier molecular flexibility index (Phi) is 4.66. The maximum absolute atomic E-state index is 12.1. The third-order valence-electron chi connectivity index (χ3n) is 4.02.